The van der Waals surface area contributed by atoms with E-state index in [0.29, 0.717) is 6.10 Å². The van der Waals surface area contributed by atoms with Crippen molar-refractivity contribution in [3.63, 3.8) is 0 Å². The fourth-order valence-corrected chi connectivity index (χ4v) is 2.26. The number of hydrogen-bond acceptors (Lipinski definition) is 1. The zero-order valence-electron chi connectivity index (χ0n) is 10.7. The number of rotatable bonds is 3. The maximum absolute atomic E-state index is 5.37. The van der Waals surface area contributed by atoms with Crippen molar-refractivity contribution >= 4 is 0 Å². The maximum atomic E-state index is 5.37. The highest BCUT2D eigenvalue weighted by atomic mass is 16.5. The number of hydrogen-bond donors (Lipinski definition) is 0. The molecule has 1 fully saturated rings. The molecule has 0 aromatic rings. The molecule has 0 saturated heterocycles. The van der Waals surface area contributed by atoms with Gasteiger partial charge in [-0.2, -0.15) is 0 Å². The van der Waals surface area contributed by atoms with Crippen LogP contribution in [0.3, 0.4) is 0 Å². The van der Waals surface area contributed by atoms with Gasteiger partial charge in [0.1, 0.15) is 0 Å². The van der Waals surface area contributed by atoms with Crippen LogP contribution in [0.5, 0.6) is 0 Å². The molecule has 0 heterocycles. The van der Waals surface area contributed by atoms with Crippen LogP contribution in [0.1, 0.15) is 59.8 Å². The number of ether oxygens (including phenoxy) is 1. The summed E-state index contributed by atoms with van der Waals surface area (Å²) in [4.78, 5) is 0. The second-order valence-electron chi connectivity index (χ2n) is 4.20. The van der Waals surface area contributed by atoms with Gasteiger partial charge in [-0.15, -0.1) is 0 Å². The van der Waals surface area contributed by atoms with Crippen molar-refractivity contribution in [2.24, 2.45) is 11.8 Å². The first-order chi connectivity index (χ1) is 6.75. The third-order valence-electron chi connectivity index (χ3n) is 3.51. The first-order valence-electron chi connectivity index (χ1n) is 6.28. The van der Waals surface area contributed by atoms with Gasteiger partial charge in [0.05, 0.1) is 6.10 Å². The summed E-state index contributed by atoms with van der Waals surface area (Å²) in [5.74, 6) is 1.67. The Labute approximate surface area is 90.2 Å². The second kappa shape index (κ2) is 8.28. The van der Waals surface area contributed by atoms with E-state index in [-0.39, 0.29) is 0 Å². The lowest BCUT2D eigenvalue weighted by molar-refractivity contribution is 0.0394. The molecular weight excluding hydrogens is 172 g/mol. The van der Waals surface area contributed by atoms with Gasteiger partial charge >= 0.3 is 0 Å². The quantitative estimate of drug-likeness (QED) is 0.661. The van der Waals surface area contributed by atoms with Crippen LogP contribution in [0.15, 0.2) is 0 Å². The molecule has 1 rings (SSSR count). The Balaban J connectivity index is 0.000000791. The molecule has 0 spiro atoms. The fraction of sp³-hybridized carbons (Fsp3) is 1.00. The van der Waals surface area contributed by atoms with E-state index in [1.165, 1.54) is 32.1 Å². The van der Waals surface area contributed by atoms with E-state index in [4.69, 9.17) is 4.74 Å². The van der Waals surface area contributed by atoms with Gasteiger partial charge in [0.25, 0.3) is 0 Å². The van der Waals surface area contributed by atoms with Crippen molar-refractivity contribution in [1.29, 1.82) is 0 Å². The Morgan fingerprint density at radius 3 is 1.93 bits per heavy atom. The molecule has 0 bridgehead atoms. The van der Waals surface area contributed by atoms with Crippen molar-refractivity contribution in [2.45, 2.75) is 65.9 Å². The lowest BCUT2D eigenvalue weighted by Gasteiger charge is -2.30. The van der Waals surface area contributed by atoms with E-state index < -0.39 is 0 Å². The fourth-order valence-electron chi connectivity index (χ4n) is 2.26. The first-order valence-corrected chi connectivity index (χ1v) is 6.28. The molecule has 1 aliphatic carbocycles. The van der Waals surface area contributed by atoms with Gasteiger partial charge in [-0.1, -0.05) is 52.9 Å². The molecule has 86 valence electrons. The molecule has 2 unspecified atom stereocenters. The van der Waals surface area contributed by atoms with Crippen molar-refractivity contribution in [1.82, 2.24) is 0 Å². The molecule has 1 saturated carbocycles. The van der Waals surface area contributed by atoms with Crippen molar-refractivity contribution in [3.05, 3.63) is 0 Å². The maximum Gasteiger partial charge on any atom is 0.0571 e. The Morgan fingerprint density at radius 1 is 1.00 bits per heavy atom. The summed E-state index contributed by atoms with van der Waals surface area (Å²) in [6.07, 6.45) is 7.61. The standard InChI is InChI=1S/C11H22O.C2H6/c1-9(10(2)12-3)11-7-5-4-6-8-11;1-2/h9-11H,4-8H2,1-3H3;1-2H3. The summed E-state index contributed by atoms with van der Waals surface area (Å²) >= 11 is 0. The highest BCUT2D eigenvalue weighted by molar-refractivity contribution is 4.74. The van der Waals surface area contributed by atoms with E-state index in [1.54, 1.807) is 0 Å². The van der Waals surface area contributed by atoms with Crippen LogP contribution in [0.2, 0.25) is 0 Å². The second-order valence-corrected chi connectivity index (χ2v) is 4.20. The molecule has 14 heavy (non-hydrogen) atoms. The van der Waals surface area contributed by atoms with Gasteiger partial charge in [0.2, 0.25) is 0 Å². The monoisotopic (exact) mass is 200 g/mol. The predicted octanol–water partition coefficient (Wildman–Crippen LogP) is 4.26. The van der Waals surface area contributed by atoms with Crippen LogP contribution < -0.4 is 0 Å². The van der Waals surface area contributed by atoms with Crippen LogP contribution in [0.25, 0.3) is 0 Å². The van der Waals surface area contributed by atoms with Gasteiger partial charge < -0.3 is 4.74 Å². The molecule has 0 amide bonds. The zero-order valence-corrected chi connectivity index (χ0v) is 10.7. The molecule has 2 atom stereocenters. The summed E-state index contributed by atoms with van der Waals surface area (Å²) in [5.41, 5.74) is 0. The van der Waals surface area contributed by atoms with Crippen molar-refractivity contribution in [3.8, 4) is 0 Å². The Kier molecular flexibility index (Phi) is 8.26. The highest BCUT2D eigenvalue weighted by Gasteiger charge is 2.23. The molecular formula is C13H28O. The minimum atomic E-state index is 0.438. The third-order valence-corrected chi connectivity index (χ3v) is 3.51. The lowest BCUT2D eigenvalue weighted by atomic mass is 9.79. The lowest BCUT2D eigenvalue weighted by Crippen LogP contribution is -2.26. The van der Waals surface area contributed by atoms with Gasteiger partial charge in [-0.25, -0.2) is 0 Å². The van der Waals surface area contributed by atoms with E-state index in [0.717, 1.165) is 11.8 Å². The van der Waals surface area contributed by atoms with Gasteiger partial charge in [0.15, 0.2) is 0 Å². The summed E-state index contributed by atoms with van der Waals surface area (Å²) < 4.78 is 5.37. The molecule has 0 radical (unpaired) electrons. The summed E-state index contributed by atoms with van der Waals surface area (Å²) in [7, 11) is 1.82. The Hall–Kier alpha value is -0.0400. The Bertz CT molecular complexity index is 116. The predicted molar refractivity (Wildman–Crippen MR) is 63.6 cm³/mol. The van der Waals surface area contributed by atoms with Crippen LogP contribution >= 0.6 is 0 Å². The first kappa shape index (κ1) is 14.0. The number of methoxy groups -OCH3 is 1. The smallest absolute Gasteiger partial charge is 0.0571 e. The van der Waals surface area contributed by atoms with Gasteiger partial charge in [0, 0.05) is 7.11 Å². The zero-order chi connectivity index (χ0) is 11.0. The van der Waals surface area contributed by atoms with E-state index in [2.05, 4.69) is 13.8 Å². The summed E-state index contributed by atoms with van der Waals surface area (Å²) in [6, 6.07) is 0. The van der Waals surface area contributed by atoms with Crippen LogP contribution in [-0.4, -0.2) is 13.2 Å². The van der Waals surface area contributed by atoms with E-state index in [9.17, 15) is 0 Å². The van der Waals surface area contributed by atoms with Gasteiger partial charge in [-0.3, -0.25) is 0 Å². The van der Waals surface area contributed by atoms with Crippen LogP contribution in [-0.2, 0) is 4.74 Å². The molecule has 0 aromatic carbocycles. The van der Waals surface area contributed by atoms with Crippen molar-refractivity contribution < 1.29 is 4.74 Å². The summed E-state index contributed by atoms with van der Waals surface area (Å²) in [5, 5.41) is 0. The SMILES string of the molecule is CC.COC(C)C(C)C1CCCCC1. The molecule has 0 aliphatic heterocycles. The molecule has 0 aromatic heterocycles. The van der Waals surface area contributed by atoms with E-state index >= 15 is 0 Å². The Morgan fingerprint density at radius 2 is 1.50 bits per heavy atom. The largest absolute Gasteiger partial charge is 0.381 e. The van der Waals surface area contributed by atoms with Crippen LogP contribution in [0.4, 0.5) is 0 Å². The normalized spacial score (nSPS) is 22.1. The highest BCUT2D eigenvalue weighted by Crippen LogP contribution is 2.31. The van der Waals surface area contributed by atoms with E-state index in [1.807, 2.05) is 21.0 Å². The van der Waals surface area contributed by atoms with Gasteiger partial charge in [-0.05, 0) is 18.8 Å². The van der Waals surface area contributed by atoms with Crippen LogP contribution in [0, 0.1) is 11.8 Å². The topological polar surface area (TPSA) is 9.23 Å². The third kappa shape index (κ3) is 4.45. The molecule has 1 heteroatoms. The van der Waals surface area contributed by atoms with Crippen molar-refractivity contribution in [2.75, 3.05) is 7.11 Å². The average molecular weight is 200 g/mol. The minimum Gasteiger partial charge on any atom is -0.381 e. The average Bonchev–Trinajstić information content (AvgIpc) is 2.31. The minimum absolute atomic E-state index is 0.438. The molecule has 0 N–H and O–H groups in total. The molecule has 1 nitrogen and oxygen atoms in total. The molecule has 1 aliphatic rings. The summed E-state index contributed by atoms with van der Waals surface area (Å²) in [6.45, 7) is 8.53.